The summed E-state index contributed by atoms with van der Waals surface area (Å²) in [5.41, 5.74) is -2.88. The van der Waals surface area contributed by atoms with Crippen LogP contribution in [0.2, 0.25) is 0 Å². The molecule has 8 nitrogen and oxygen atoms in total. The second-order valence-electron chi connectivity index (χ2n) is 4.04. The van der Waals surface area contributed by atoms with Gasteiger partial charge in [-0.15, -0.1) is 0 Å². The third kappa shape index (κ3) is 4.18. The molecule has 0 aromatic rings. The quantitative estimate of drug-likeness (QED) is 0.442. The number of hydrogen-bond acceptors (Lipinski definition) is 5. The van der Waals surface area contributed by atoms with Gasteiger partial charge >= 0.3 is 11.9 Å². The van der Waals surface area contributed by atoms with Crippen molar-refractivity contribution in [3.05, 3.63) is 0 Å². The van der Waals surface area contributed by atoms with Crippen molar-refractivity contribution >= 4 is 17.8 Å². The van der Waals surface area contributed by atoms with Gasteiger partial charge in [-0.3, -0.25) is 4.79 Å². The summed E-state index contributed by atoms with van der Waals surface area (Å²) < 4.78 is 0. The van der Waals surface area contributed by atoms with Crippen molar-refractivity contribution in [2.24, 2.45) is 0 Å². The first kappa shape index (κ1) is 17.3. The molecule has 110 valence electrons. The van der Waals surface area contributed by atoms with E-state index >= 15 is 0 Å². The summed E-state index contributed by atoms with van der Waals surface area (Å²) in [4.78, 5) is 34.5. The third-order valence-electron chi connectivity index (χ3n) is 2.89. The Morgan fingerprint density at radius 2 is 1.63 bits per heavy atom. The van der Waals surface area contributed by atoms with Crippen molar-refractivity contribution in [3.63, 3.8) is 0 Å². The molecule has 0 bridgehead atoms. The number of aliphatic carboxylic acids is 2. The van der Waals surface area contributed by atoms with Crippen LogP contribution in [-0.2, 0) is 14.4 Å². The van der Waals surface area contributed by atoms with E-state index in [1.54, 1.807) is 13.8 Å². The van der Waals surface area contributed by atoms with Gasteiger partial charge < -0.3 is 25.3 Å². The Kier molecular flexibility index (Phi) is 6.43. The van der Waals surface area contributed by atoms with Crippen LogP contribution in [0.3, 0.4) is 0 Å². The normalized spacial score (nSPS) is 15.4. The zero-order valence-electron chi connectivity index (χ0n) is 10.9. The van der Waals surface area contributed by atoms with E-state index in [-0.39, 0.29) is 6.42 Å². The van der Waals surface area contributed by atoms with E-state index in [1.165, 1.54) is 4.90 Å². The Bertz CT molecular complexity index is 353. The number of nitrogens with zero attached hydrogens (tertiary/aromatic N) is 1. The van der Waals surface area contributed by atoms with Crippen LogP contribution in [0.1, 0.15) is 26.7 Å². The van der Waals surface area contributed by atoms with Crippen molar-refractivity contribution in [1.29, 1.82) is 0 Å². The minimum absolute atomic E-state index is 0.366. The molecule has 4 N–H and O–H groups in total. The Balaban J connectivity index is 4.84. The number of carboxylic acids is 2. The maximum atomic E-state index is 11.7. The highest BCUT2D eigenvalue weighted by Crippen LogP contribution is 2.19. The Labute approximate surface area is 110 Å². The number of aliphatic hydroxyl groups is 2. The minimum atomic E-state index is -2.88. The second kappa shape index (κ2) is 7.05. The van der Waals surface area contributed by atoms with Gasteiger partial charge in [0.2, 0.25) is 5.91 Å². The summed E-state index contributed by atoms with van der Waals surface area (Å²) in [6.07, 6.45) is -3.53. The molecule has 0 aliphatic rings. The van der Waals surface area contributed by atoms with Crippen molar-refractivity contribution in [2.75, 3.05) is 13.1 Å². The SMILES string of the molecule is CCN(CC)C(=O)CCC(O)(C(=O)O)C(O)C(=O)O. The molecule has 0 fully saturated rings. The Morgan fingerprint density at radius 1 is 1.16 bits per heavy atom. The van der Waals surface area contributed by atoms with Crippen LogP contribution in [0.5, 0.6) is 0 Å². The van der Waals surface area contributed by atoms with E-state index in [0.717, 1.165) is 0 Å². The molecule has 0 rings (SSSR count). The van der Waals surface area contributed by atoms with Crippen LogP contribution < -0.4 is 0 Å². The van der Waals surface area contributed by atoms with Gasteiger partial charge in [0, 0.05) is 19.5 Å². The predicted octanol–water partition coefficient (Wildman–Crippen LogP) is -1.10. The monoisotopic (exact) mass is 277 g/mol. The van der Waals surface area contributed by atoms with Gasteiger partial charge in [-0.25, -0.2) is 9.59 Å². The maximum Gasteiger partial charge on any atom is 0.339 e. The maximum absolute atomic E-state index is 11.7. The summed E-state index contributed by atoms with van der Waals surface area (Å²) in [5, 5.41) is 36.3. The van der Waals surface area contributed by atoms with E-state index in [9.17, 15) is 24.6 Å². The van der Waals surface area contributed by atoms with Crippen LogP contribution in [0.15, 0.2) is 0 Å². The molecule has 0 radical (unpaired) electrons. The van der Waals surface area contributed by atoms with E-state index in [1.807, 2.05) is 0 Å². The van der Waals surface area contributed by atoms with Crippen LogP contribution in [-0.4, -0.2) is 68.0 Å². The van der Waals surface area contributed by atoms with E-state index in [4.69, 9.17) is 10.2 Å². The zero-order valence-corrected chi connectivity index (χ0v) is 10.9. The number of carbonyl (C=O) groups excluding carboxylic acids is 1. The molecule has 0 aliphatic carbocycles. The lowest BCUT2D eigenvalue weighted by Gasteiger charge is -2.27. The molecular formula is C11H19NO7. The van der Waals surface area contributed by atoms with E-state index in [0.29, 0.717) is 13.1 Å². The first-order valence-corrected chi connectivity index (χ1v) is 5.85. The van der Waals surface area contributed by atoms with Gasteiger partial charge in [-0.1, -0.05) is 0 Å². The molecule has 2 unspecified atom stereocenters. The molecule has 0 aromatic carbocycles. The van der Waals surface area contributed by atoms with Gasteiger partial charge in [0.05, 0.1) is 0 Å². The largest absolute Gasteiger partial charge is 0.479 e. The number of amides is 1. The van der Waals surface area contributed by atoms with E-state index < -0.39 is 36.0 Å². The zero-order chi connectivity index (χ0) is 15.2. The molecule has 0 spiro atoms. The molecule has 0 aliphatic heterocycles. The number of aliphatic hydroxyl groups excluding tert-OH is 1. The summed E-state index contributed by atoms with van der Waals surface area (Å²) in [6.45, 7) is 4.30. The summed E-state index contributed by atoms with van der Waals surface area (Å²) in [6, 6.07) is 0. The van der Waals surface area contributed by atoms with Crippen LogP contribution >= 0.6 is 0 Å². The van der Waals surface area contributed by atoms with Crippen molar-refractivity contribution in [3.8, 4) is 0 Å². The lowest BCUT2D eigenvalue weighted by Crippen LogP contribution is -2.53. The van der Waals surface area contributed by atoms with Gasteiger partial charge in [0.25, 0.3) is 0 Å². The molecular weight excluding hydrogens is 258 g/mol. The summed E-state index contributed by atoms with van der Waals surface area (Å²) in [7, 11) is 0. The molecule has 0 aromatic heterocycles. The first-order chi connectivity index (χ1) is 8.70. The average Bonchev–Trinajstić information content (AvgIpc) is 2.35. The lowest BCUT2D eigenvalue weighted by atomic mass is 9.91. The van der Waals surface area contributed by atoms with Crippen LogP contribution in [0, 0.1) is 0 Å². The summed E-state index contributed by atoms with van der Waals surface area (Å²) >= 11 is 0. The van der Waals surface area contributed by atoms with Crippen molar-refractivity contribution < 1.29 is 34.8 Å². The van der Waals surface area contributed by atoms with Crippen molar-refractivity contribution in [1.82, 2.24) is 4.90 Å². The lowest BCUT2D eigenvalue weighted by molar-refractivity contribution is -0.184. The standard InChI is InChI=1S/C11H19NO7/c1-3-12(4-2)7(13)5-6-11(19,10(17)18)8(14)9(15)16/h8,14,19H,3-6H2,1-2H3,(H,15,16)(H,17,18). The minimum Gasteiger partial charge on any atom is -0.479 e. The molecule has 0 heterocycles. The first-order valence-electron chi connectivity index (χ1n) is 5.85. The molecule has 0 saturated carbocycles. The smallest absolute Gasteiger partial charge is 0.339 e. The van der Waals surface area contributed by atoms with Gasteiger partial charge in [-0.2, -0.15) is 0 Å². The van der Waals surface area contributed by atoms with E-state index in [2.05, 4.69) is 0 Å². The average molecular weight is 277 g/mol. The van der Waals surface area contributed by atoms with Gasteiger partial charge in [0.15, 0.2) is 11.7 Å². The second-order valence-corrected chi connectivity index (χ2v) is 4.04. The fourth-order valence-electron chi connectivity index (χ4n) is 1.60. The molecule has 8 heteroatoms. The number of rotatable bonds is 8. The van der Waals surface area contributed by atoms with Gasteiger partial charge in [-0.05, 0) is 20.3 Å². The number of carboxylic acid groups (broad SMARTS) is 2. The predicted molar refractivity (Wildman–Crippen MR) is 63.4 cm³/mol. The Hall–Kier alpha value is -1.67. The number of carbonyl (C=O) groups is 3. The molecule has 2 atom stereocenters. The van der Waals surface area contributed by atoms with Gasteiger partial charge in [0.1, 0.15) is 0 Å². The highest BCUT2D eigenvalue weighted by atomic mass is 16.4. The molecule has 1 amide bonds. The van der Waals surface area contributed by atoms with Crippen LogP contribution in [0.4, 0.5) is 0 Å². The van der Waals surface area contributed by atoms with Crippen LogP contribution in [0.25, 0.3) is 0 Å². The third-order valence-corrected chi connectivity index (χ3v) is 2.89. The topological polar surface area (TPSA) is 135 Å². The number of hydrogen-bond donors (Lipinski definition) is 4. The molecule has 19 heavy (non-hydrogen) atoms. The fraction of sp³-hybridized carbons (Fsp3) is 0.727. The highest BCUT2D eigenvalue weighted by molar-refractivity contribution is 5.88. The Morgan fingerprint density at radius 3 is 1.95 bits per heavy atom. The van der Waals surface area contributed by atoms with Crippen molar-refractivity contribution in [2.45, 2.75) is 38.4 Å². The molecule has 0 saturated heterocycles. The summed E-state index contributed by atoms with van der Waals surface area (Å²) in [5.74, 6) is -4.16. The highest BCUT2D eigenvalue weighted by Gasteiger charge is 2.47. The fourth-order valence-corrected chi connectivity index (χ4v) is 1.60.